The predicted molar refractivity (Wildman–Crippen MR) is 135 cm³/mol. The number of carbonyl (C=O) groups is 2. The van der Waals surface area contributed by atoms with Crippen LogP contribution >= 0.6 is 23.2 Å². The Morgan fingerprint density at radius 3 is 2.38 bits per heavy atom. The van der Waals surface area contributed by atoms with Crippen molar-refractivity contribution in [3.8, 4) is 5.75 Å². The zero-order valence-corrected chi connectivity index (χ0v) is 20.9. The summed E-state index contributed by atoms with van der Waals surface area (Å²) in [4.78, 5) is 27.2. The summed E-state index contributed by atoms with van der Waals surface area (Å²) in [6.07, 6.45) is 5.33. The van der Waals surface area contributed by atoms with Crippen LogP contribution in [0.4, 0.5) is 0 Å². The highest BCUT2D eigenvalue weighted by atomic mass is 35.5. The van der Waals surface area contributed by atoms with Crippen LogP contribution in [0.5, 0.6) is 5.75 Å². The molecule has 34 heavy (non-hydrogen) atoms. The van der Waals surface area contributed by atoms with Crippen LogP contribution in [0.2, 0.25) is 10.0 Å². The lowest BCUT2D eigenvalue weighted by atomic mass is 9.96. The van der Waals surface area contributed by atoms with Crippen molar-refractivity contribution < 1.29 is 14.3 Å². The number of hydrogen-bond donors (Lipinski definition) is 2. The van der Waals surface area contributed by atoms with Crippen LogP contribution in [0.1, 0.15) is 54.4 Å². The van der Waals surface area contributed by atoms with Crippen LogP contribution in [0.15, 0.2) is 42.5 Å². The summed E-state index contributed by atoms with van der Waals surface area (Å²) in [6, 6.07) is 14.3. The van der Waals surface area contributed by atoms with Crippen molar-refractivity contribution in [1.82, 2.24) is 15.5 Å². The lowest BCUT2D eigenvalue weighted by Crippen LogP contribution is -2.49. The van der Waals surface area contributed by atoms with Crippen molar-refractivity contribution in [2.45, 2.75) is 63.2 Å². The molecule has 4 rings (SSSR count). The van der Waals surface area contributed by atoms with Gasteiger partial charge >= 0.3 is 0 Å². The summed E-state index contributed by atoms with van der Waals surface area (Å²) in [7, 11) is 1.56. The van der Waals surface area contributed by atoms with Crippen molar-refractivity contribution in [2.75, 3.05) is 13.7 Å². The van der Waals surface area contributed by atoms with Gasteiger partial charge in [-0.25, -0.2) is 0 Å². The second kappa shape index (κ2) is 11.4. The van der Waals surface area contributed by atoms with Gasteiger partial charge in [0.05, 0.1) is 12.2 Å². The predicted octanol–water partition coefficient (Wildman–Crippen LogP) is 4.82. The van der Waals surface area contributed by atoms with Gasteiger partial charge in [-0.15, -0.1) is 0 Å². The largest absolute Gasteiger partial charge is 0.493 e. The molecule has 8 heteroatoms. The Morgan fingerprint density at radius 1 is 1.03 bits per heavy atom. The van der Waals surface area contributed by atoms with Crippen LogP contribution in [-0.2, 0) is 11.3 Å². The Bertz CT molecular complexity index is 1000. The Morgan fingerprint density at radius 2 is 1.71 bits per heavy atom. The molecule has 6 nitrogen and oxygen atoms in total. The maximum Gasteiger partial charge on any atom is 0.254 e. The molecular formula is C26H31Cl2N3O3. The molecule has 0 saturated carbocycles. The van der Waals surface area contributed by atoms with Gasteiger partial charge in [-0.05, 0) is 68.0 Å². The van der Waals surface area contributed by atoms with Gasteiger partial charge in [-0.2, -0.15) is 0 Å². The summed E-state index contributed by atoms with van der Waals surface area (Å²) < 4.78 is 5.76. The minimum absolute atomic E-state index is 0.0572. The third-order valence-electron chi connectivity index (χ3n) is 6.75. The Labute approximate surface area is 210 Å². The van der Waals surface area contributed by atoms with Crippen LogP contribution < -0.4 is 15.4 Å². The molecule has 182 valence electrons. The standard InChI is InChI=1S/C26H31Cl2N3O3/c1-29-26(33)23-13-19(28)8-11-24(23)34-12-2-3-25(32)30-20-14-21-9-10-22(15-20)31(21)16-17-4-6-18(27)7-5-17/h4-8,11,13,20-22H,2-3,9-10,12,14-16H2,1H3,(H,29,33)(H,30,32). The van der Waals surface area contributed by atoms with E-state index >= 15 is 0 Å². The minimum Gasteiger partial charge on any atom is -0.493 e. The van der Waals surface area contributed by atoms with Gasteiger partial charge in [0.15, 0.2) is 0 Å². The number of nitrogens with zero attached hydrogens (tertiary/aromatic N) is 1. The molecule has 0 aromatic heterocycles. The third kappa shape index (κ3) is 6.23. The first-order valence-corrected chi connectivity index (χ1v) is 12.6. The van der Waals surface area contributed by atoms with Crippen molar-refractivity contribution in [3.05, 3.63) is 63.6 Å². The summed E-state index contributed by atoms with van der Waals surface area (Å²) in [5, 5.41) is 7.05. The van der Waals surface area contributed by atoms with E-state index in [1.54, 1.807) is 25.2 Å². The van der Waals surface area contributed by atoms with Crippen molar-refractivity contribution >= 4 is 35.0 Å². The maximum atomic E-state index is 12.6. The number of ether oxygens (including phenoxy) is 1. The molecule has 2 unspecified atom stereocenters. The average molecular weight is 504 g/mol. The number of halogens is 2. The summed E-state index contributed by atoms with van der Waals surface area (Å²) in [5.74, 6) is 0.267. The van der Waals surface area contributed by atoms with Gasteiger partial charge in [0.2, 0.25) is 5.91 Å². The lowest BCUT2D eigenvalue weighted by molar-refractivity contribution is -0.122. The molecule has 0 aliphatic carbocycles. The van der Waals surface area contributed by atoms with E-state index in [0.29, 0.717) is 47.9 Å². The number of benzene rings is 2. The third-order valence-corrected chi connectivity index (χ3v) is 7.23. The number of fused-ring (bicyclic) bond motifs is 2. The molecule has 2 bridgehead atoms. The molecule has 2 aromatic carbocycles. The quantitative estimate of drug-likeness (QED) is 0.481. The van der Waals surface area contributed by atoms with E-state index in [-0.39, 0.29) is 17.9 Å². The summed E-state index contributed by atoms with van der Waals surface area (Å²) >= 11 is 12.0. The van der Waals surface area contributed by atoms with Crippen LogP contribution in [0.3, 0.4) is 0 Å². The van der Waals surface area contributed by atoms with E-state index in [0.717, 1.165) is 24.4 Å². The summed E-state index contributed by atoms with van der Waals surface area (Å²) in [5.41, 5.74) is 1.67. The van der Waals surface area contributed by atoms with E-state index in [1.165, 1.54) is 18.4 Å². The van der Waals surface area contributed by atoms with Gasteiger partial charge in [-0.1, -0.05) is 35.3 Å². The minimum atomic E-state index is -0.257. The summed E-state index contributed by atoms with van der Waals surface area (Å²) in [6.45, 7) is 1.29. The SMILES string of the molecule is CNC(=O)c1cc(Cl)ccc1OCCCC(=O)NC1CC2CCC(C1)N2Cc1ccc(Cl)cc1. The molecule has 2 aliphatic heterocycles. The molecule has 0 spiro atoms. The lowest BCUT2D eigenvalue weighted by Gasteiger charge is -2.39. The Hall–Kier alpha value is -2.28. The first-order valence-electron chi connectivity index (χ1n) is 11.9. The van der Waals surface area contributed by atoms with E-state index in [9.17, 15) is 9.59 Å². The molecule has 2 aliphatic rings. The molecule has 0 radical (unpaired) electrons. The number of nitrogens with one attached hydrogen (secondary N) is 2. The molecule has 2 amide bonds. The average Bonchev–Trinajstić information content (AvgIpc) is 3.05. The zero-order valence-electron chi connectivity index (χ0n) is 19.4. The van der Waals surface area contributed by atoms with Gasteiger partial charge in [-0.3, -0.25) is 14.5 Å². The topological polar surface area (TPSA) is 70.7 Å². The normalized spacial score (nSPS) is 21.8. The van der Waals surface area contributed by atoms with Crippen molar-refractivity contribution in [3.63, 3.8) is 0 Å². The van der Waals surface area contributed by atoms with Crippen molar-refractivity contribution in [2.24, 2.45) is 0 Å². The fourth-order valence-electron chi connectivity index (χ4n) is 5.11. The van der Waals surface area contributed by atoms with Crippen LogP contribution in [0.25, 0.3) is 0 Å². The highest BCUT2D eigenvalue weighted by Gasteiger charge is 2.40. The second-order valence-corrected chi connectivity index (χ2v) is 9.96. The first-order chi connectivity index (χ1) is 16.4. The number of piperidine rings is 1. The fourth-order valence-corrected chi connectivity index (χ4v) is 5.40. The molecule has 2 fully saturated rings. The number of hydrogen-bond acceptors (Lipinski definition) is 4. The van der Waals surface area contributed by atoms with E-state index < -0.39 is 0 Å². The van der Waals surface area contributed by atoms with Gasteiger partial charge in [0, 0.05) is 48.2 Å². The highest BCUT2D eigenvalue weighted by molar-refractivity contribution is 6.31. The molecule has 2 N–H and O–H groups in total. The number of carbonyl (C=O) groups excluding carboxylic acids is 2. The zero-order chi connectivity index (χ0) is 24.1. The molecular weight excluding hydrogens is 473 g/mol. The number of rotatable bonds is 9. The first kappa shape index (κ1) is 24.8. The Kier molecular flexibility index (Phi) is 8.35. The molecule has 2 atom stereocenters. The fraction of sp³-hybridized carbons (Fsp3) is 0.462. The molecule has 2 aromatic rings. The van der Waals surface area contributed by atoms with Crippen molar-refractivity contribution in [1.29, 1.82) is 0 Å². The maximum absolute atomic E-state index is 12.6. The molecule has 2 heterocycles. The van der Waals surface area contributed by atoms with E-state index in [4.69, 9.17) is 27.9 Å². The van der Waals surface area contributed by atoms with Gasteiger partial charge in [0.25, 0.3) is 5.91 Å². The van der Waals surface area contributed by atoms with E-state index in [2.05, 4.69) is 27.7 Å². The smallest absolute Gasteiger partial charge is 0.254 e. The van der Waals surface area contributed by atoms with Crippen LogP contribution in [0, 0.1) is 0 Å². The Balaban J connectivity index is 1.21. The van der Waals surface area contributed by atoms with Gasteiger partial charge in [0.1, 0.15) is 5.75 Å². The number of amides is 2. The second-order valence-electron chi connectivity index (χ2n) is 9.09. The monoisotopic (exact) mass is 503 g/mol. The highest BCUT2D eigenvalue weighted by Crippen LogP contribution is 2.37. The van der Waals surface area contributed by atoms with Gasteiger partial charge < -0.3 is 15.4 Å². The van der Waals surface area contributed by atoms with E-state index in [1.807, 2.05) is 12.1 Å². The van der Waals surface area contributed by atoms with Crippen LogP contribution in [-0.4, -0.2) is 48.5 Å². The molecule has 2 saturated heterocycles.